The van der Waals surface area contributed by atoms with Crippen LogP contribution in [0.25, 0.3) is 0 Å². The van der Waals surface area contributed by atoms with Gasteiger partial charge in [0.15, 0.2) is 0 Å². The quantitative estimate of drug-likeness (QED) is 0.655. The van der Waals surface area contributed by atoms with E-state index in [0.29, 0.717) is 6.04 Å². The molecule has 98 valence electrons. The first kappa shape index (κ1) is 12.8. The molecule has 1 aromatic carbocycles. The van der Waals surface area contributed by atoms with E-state index in [1.54, 1.807) is 12.1 Å². The van der Waals surface area contributed by atoms with Crippen molar-refractivity contribution in [3.63, 3.8) is 0 Å². The summed E-state index contributed by atoms with van der Waals surface area (Å²) in [6, 6.07) is 5.64. The number of likely N-dealkylation sites (N-methyl/N-ethyl adjacent to an activating group) is 1. The Morgan fingerprint density at radius 2 is 2.33 bits per heavy atom. The summed E-state index contributed by atoms with van der Waals surface area (Å²) in [6.07, 6.45) is 2.18. The summed E-state index contributed by atoms with van der Waals surface area (Å²) in [4.78, 5) is 13.1. The number of nitro groups is 1. The molecule has 1 fully saturated rings. The van der Waals surface area contributed by atoms with Gasteiger partial charge in [-0.05, 0) is 32.4 Å². The second-order valence-corrected chi connectivity index (χ2v) is 4.75. The fourth-order valence-electron chi connectivity index (χ4n) is 2.74. The molecule has 0 amide bonds. The molecule has 1 atom stereocenters. The molecule has 0 radical (unpaired) electrons. The van der Waals surface area contributed by atoms with Crippen LogP contribution in [0, 0.1) is 17.0 Å². The van der Waals surface area contributed by atoms with Crippen LogP contribution in [-0.2, 0) is 0 Å². The molecule has 0 aromatic heterocycles. The Morgan fingerprint density at radius 3 is 3.00 bits per heavy atom. The van der Waals surface area contributed by atoms with E-state index in [-0.39, 0.29) is 10.6 Å². The van der Waals surface area contributed by atoms with Gasteiger partial charge in [0, 0.05) is 25.2 Å². The molecule has 1 saturated heterocycles. The molecular formula is C13H19N3O2. The van der Waals surface area contributed by atoms with Gasteiger partial charge in [0.2, 0.25) is 0 Å². The molecule has 1 unspecified atom stereocenters. The zero-order valence-corrected chi connectivity index (χ0v) is 10.8. The van der Waals surface area contributed by atoms with Gasteiger partial charge in [-0.15, -0.1) is 0 Å². The SMILES string of the molecule is CNCC1CCCN1c1c(C)cccc1[N+](=O)[O-]. The van der Waals surface area contributed by atoms with Crippen molar-refractivity contribution in [3.8, 4) is 0 Å². The third kappa shape index (κ3) is 2.31. The molecule has 18 heavy (non-hydrogen) atoms. The number of hydrogen-bond acceptors (Lipinski definition) is 4. The van der Waals surface area contributed by atoms with Gasteiger partial charge in [0.25, 0.3) is 5.69 Å². The van der Waals surface area contributed by atoms with Crippen molar-refractivity contribution in [2.75, 3.05) is 25.0 Å². The third-order valence-electron chi connectivity index (χ3n) is 3.52. The second-order valence-electron chi connectivity index (χ2n) is 4.75. The second kappa shape index (κ2) is 5.35. The number of rotatable bonds is 4. The van der Waals surface area contributed by atoms with Crippen molar-refractivity contribution in [2.45, 2.75) is 25.8 Å². The lowest BCUT2D eigenvalue weighted by Crippen LogP contribution is -2.37. The number of aryl methyl sites for hydroxylation is 1. The molecule has 1 aliphatic heterocycles. The summed E-state index contributed by atoms with van der Waals surface area (Å²) in [5.41, 5.74) is 1.99. The van der Waals surface area contributed by atoms with Crippen LogP contribution in [-0.4, -0.2) is 31.1 Å². The first-order valence-electron chi connectivity index (χ1n) is 6.30. The van der Waals surface area contributed by atoms with E-state index in [9.17, 15) is 10.1 Å². The summed E-state index contributed by atoms with van der Waals surface area (Å²) >= 11 is 0. The smallest absolute Gasteiger partial charge is 0.292 e. The van der Waals surface area contributed by atoms with Crippen LogP contribution in [0.4, 0.5) is 11.4 Å². The summed E-state index contributed by atoms with van der Waals surface area (Å²) in [6.45, 7) is 3.71. The van der Waals surface area contributed by atoms with Crippen molar-refractivity contribution >= 4 is 11.4 Å². The van der Waals surface area contributed by atoms with Gasteiger partial charge in [-0.3, -0.25) is 10.1 Å². The standard InChI is InChI=1S/C13H19N3O2/c1-10-5-3-7-12(16(17)18)13(10)15-8-4-6-11(15)9-14-2/h3,5,7,11,14H,4,6,8-9H2,1-2H3. The van der Waals surface area contributed by atoms with Crippen LogP contribution in [0.2, 0.25) is 0 Å². The fourth-order valence-corrected chi connectivity index (χ4v) is 2.74. The Bertz CT molecular complexity index is 448. The molecule has 2 rings (SSSR count). The number of hydrogen-bond donors (Lipinski definition) is 1. The lowest BCUT2D eigenvalue weighted by Gasteiger charge is -2.27. The number of nitro benzene ring substituents is 1. The predicted molar refractivity (Wildman–Crippen MR) is 72.1 cm³/mol. The van der Waals surface area contributed by atoms with Crippen LogP contribution in [0.15, 0.2) is 18.2 Å². The Kier molecular flexibility index (Phi) is 3.81. The van der Waals surface area contributed by atoms with Crippen LogP contribution in [0.1, 0.15) is 18.4 Å². The third-order valence-corrected chi connectivity index (χ3v) is 3.52. The number of para-hydroxylation sites is 1. The van der Waals surface area contributed by atoms with E-state index in [1.807, 2.05) is 20.0 Å². The zero-order valence-electron chi connectivity index (χ0n) is 10.8. The Balaban J connectivity index is 2.40. The monoisotopic (exact) mass is 249 g/mol. The number of benzene rings is 1. The number of anilines is 1. The van der Waals surface area contributed by atoms with Gasteiger partial charge in [-0.25, -0.2) is 0 Å². The average Bonchev–Trinajstić information content (AvgIpc) is 2.77. The van der Waals surface area contributed by atoms with Crippen molar-refractivity contribution in [3.05, 3.63) is 33.9 Å². The molecule has 0 spiro atoms. The summed E-state index contributed by atoms with van der Waals surface area (Å²) < 4.78 is 0. The molecule has 5 heteroatoms. The normalized spacial score (nSPS) is 19.2. The highest BCUT2D eigenvalue weighted by atomic mass is 16.6. The maximum atomic E-state index is 11.2. The van der Waals surface area contributed by atoms with Crippen LogP contribution in [0.5, 0.6) is 0 Å². The number of nitrogens with zero attached hydrogens (tertiary/aromatic N) is 2. The zero-order chi connectivity index (χ0) is 13.1. The maximum absolute atomic E-state index is 11.2. The van der Waals surface area contributed by atoms with Crippen molar-refractivity contribution < 1.29 is 4.92 Å². The Labute approximate surface area is 107 Å². The van der Waals surface area contributed by atoms with Crippen LogP contribution in [0.3, 0.4) is 0 Å². The highest BCUT2D eigenvalue weighted by molar-refractivity contribution is 5.68. The van der Waals surface area contributed by atoms with Gasteiger partial charge in [-0.2, -0.15) is 0 Å². The molecule has 0 aliphatic carbocycles. The molecule has 1 heterocycles. The van der Waals surface area contributed by atoms with E-state index >= 15 is 0 Å². The minimum atomic E-state index is -0.281. The van der Waals surface area contributed by atoms with Crippen LogP contribution < -0.4 is 10.2 Å². The average molecular weight is 249 g/mol. The Morgan fingerprint density at radius 1 is 1.56 bits per heavy atom. The highest BCUT2D eigenvalue weighted by Gasteiger charge is 2.30. The van der Waals surface area contributed by atoms with E-state index in [0.717, 1.165) is 37.2 Å². The predicted octanol–water partition coefficient (Wildman–Crippen LogP) is 2.09. The van der Waals surface area contributed by atoms with Gasteiger partial charge < -0.3 is 10.2 Å². The molecule has 1 N–H and O–H groups in total. The summed E-state index contributed by atoms with van der Waals surface area (Å²) in [7, 11) is 1.92. The number of nitrogens with one attached hydrogen (secondary N) is 1. The minimum Gasteiger partial charge on any atom is -0.362 e. The van der Waals surface area contributed by atoms with E-state index in [4.69, 9.17) is 0 Å². The maximum Gasteiger partial charge on any atom is 0.292 e. The lowest BCUT2D eigenvalue weighted by atomic mass is 10.1. The van der Waals surface area contributed by atoms with E-state index < -0.39 is 0 Å². The molecule has 0 bridgehead atoms. The Hall–Kier alpha value is -1.62. The van der Waals surface area contributed by atoms with Gasteiger partial charge in [-0.1, -0.05) is 12.1 Å². The molecule has 1 aromatic rings. The largest absolute Gasteiger partial charge is 0.362 e. The fraction of sp³-hybridized carbons (Fsp3) is 0.538. The first-order chi connectivity index (χ1) is 8.65. The topological polar surface area (TPSA) is 58.4 Å². The van der Waals surface area contributed by atoms with Crippen molar-refractivity contribution in [1.29, 1.82) is 0 Å². The lowest BCUT2D eigenvalue weighted by molar-refractivity contribution is -0.384. The van der Waals surface area contributed by atoms with Crippen LogP contribution >= 0.6 is 0 Å². The molecule has 5 nitrogen and oxygen atoms in total. The minimum absolute atomic E-state index is 0.220. The molecule has 0 saturated carbocycles. The molecular weight excluding hydrogens is 230 g/mol. The van der Waals surface area contributed by atoms with E-state index in [1.165, 1.54) is 0 Å². The highest BCUT2D eigenvalue weighted by Crippen LogP contribution is 2.36. The molecule has 1 aliphatic rings. The summed E-state index contributed by atoms with van der Waals surface area (Å²) in [5.74, 6) is 0. The summed E-state index contributed by atoms with van der Waals surface area (Å²) in [5, 5.41) is 14.3. The first-order valence-corrected chi connectivity index (χ1v) is 6.30. The van der Waals surface area contributed by atoms with Gasteiger partial charge in [0.05, 0.1) is 4.92 Å². The van der Waals surface area contributed by atoms with E-state index in [2.05, 4.69) is 10.2 Å². The van der Waals surface area contributed by atoms with Crippen molar-refractivity contribution in [2.24, 2.45) is 0 Å². The van der Waals surface area contributed by atoms with Gasteiger partial charge >= 0.3 is 0 Å². The van der Waals surface area contributed by atoms with Gasteiger partial charge in [0.1, 0.15) is 5.69 Å². The van der Waals surface area contributed by atoms with Crippen molar-refractivity contribution in [1.82, 2.24) is 5.32 Å².